The number of alkyl carbamates (subject to hydrolysis) is 1. The van der Waals surface area contributed by atoms with Crippen LogP contribution in [0, 0.1) is 0 Å². The van der Waals surface area contributed by atoms with Crippen LogP contribution in [0.25, 0.3) is 0 Å². The molecule has 3 aromatic rings. The molecule has 0 aliphatic heterocycles. The summed E-state index contributed by atoms with van der Waals surface area (Å²) in [4.78, 5) is 16.2. The van der Waals surface area contributed by atoms with Gasteiger partial charge in [-0.15, -0.1) is 0 Å². The van der Waals surface area contributed by atoms with E-state index in [4.69, 9.17) is 13.9 Å². The maximum Gasteiger partial charge on any atom is 0.408 e. The smallest absolute Gasteiger partial charge is 0.408 e. The maximum atomic E-state index is 12.2. The van der Waals surface area contributed by atoms with Crippen LogP contribution in [0.4, 0.5) is 4.79 Å². The number of oxazole rings is 1. The quantitative estimate of drug-likeness (QED) is 0.606. The minimum atomic E-state index is -0.576. The third-order valence-corrected chi connectivity index (χ3v) is 4.10. The van der Waals surface area contributed by atoms with Gasteiger partial charge in [0.05, 0.1) is 12.2 Å². The fraction of sp³-hybridized carbons (Fsp3) is 0.304. The number of aromatic nitrogens is 1. The first-order chi connectivity index (χ1) is 13.9. The van der Waals surface area contributed by atoms with Crippen LogP contribution in [0.2, 0.25) is 0 Å². The Bertz CT molecular complexity index is 885. The summed E-state index contributed by atoms with van der Waals surface area (Å²) in [5.41, 5.74) is 1.56. The molecule has 0 bridgehead atoms. The SMILES string of the molecule is CC(C)(C)OC(=O)N[C@@H](Cc1ccc(OCc2ccccc2)cc1)c1cnco1. The number of hydrogen-bond acceptors (Lipinski definition) is 5. The average Bonchev–Trinajstić information content (AvgIpc) is 3.21. The molecule has 0 saturated heterocycles. The van der Waals surface area contributed by atoms with Gasteiger partial charge in [0.2, 0.25) is 0 Å². The predicted octanol–water partition coefficient (Wildman–Crippen LogP) is 5.06. The van der Waals surface area contributed by atoms with Crippen molar-refractivity contribution in [1.29, 1.82) is 0 Å². The Morgan fingerprint density at radius 2 is 1.79 bits per heavy atom. The summed E-state index contributed by atoms with van der Waals surface area (Å²) < 4.78 is 16.6. The Morgan fingerprint density at radius 3 is 2.41 bits per heavy atom. The second-order valence-electron chi connectivity index (χ2n) is 7.72. The van der Waals surface area contributed by atoms with Crippen molar-refractivity contribution in [2.24, 2.45) is 0 Å². The number of rotatable bonds is 7. The van der Waals surface area contributed by atoms with Gasteiger partial charge in [0.1, 0.15) is 23.7 Å². The van der Waals surface area contributed by atoms with Crippen LogP contribution in [0.3, 0.4) is 0 Å². The van der Waals surface area contributed by atoms with Crippen molar-refractivity contribution in [2.45, 2.75) is 45.4 Å². The van der Waals surface area contributed by atoms with Gasteiger partial charge in [-0.05, 0) is 44.0 Å². The van der Waals surface area contributed by atoms with Crippen molar-refractivity contribution in [3.05, 3.63) is 84.1 Å². The van der Waals surface area contributed by atoms with Crippen molar-refractivity contribution in [1.82, 2.24) is 10.3 Å². The van der Waals surface area contributed by atoms with E-state index >= 15 is 0 Å². The van der Waals surface area contributed by atoms with Crippen LogP contribution in [-0.2, 0) is 17.8 Å². The summed E-state index contributed by atoms with van der Waals surface area (Å²) in [7, 11) is 0. The summed E-state index contributed by atoms with van der Waals surface area (Å²) in [6.45, 7) is 5.99. The van der Waals surface area contributed by atoms with Crippen molar-refractivity contribution in [3.8, 4) is 5.75 Å². The number of nitrogens with one attached hydrogen (secondary N) is 1. The Labute approximate surface area is 170 Å². The van der Waals surface area contributed by atoms with E-state index in [2.05, 4.69) is 10.3 Å². The molecule has 3 rings (SSSR count). The Kier molecular flexibility index (Phi) is 6.54. The highest BCUT2D eigenvalue weighted by Crippen LogP contribution is 2.21. The van der Waals surface area contributed by atoms with Gasteiger partial charge in [0.15, 0.2) is 6.39 Å². The molecule has 0 saturated carbocycles. The van der Waals surface area contributed by atoms with Crippen molar-refractivity contribution < 1.29 is 18.7 Å². The maximum absolute atomic E-state index is 12.2. The Hall–Kier alpha value is -3.28. The van der Waals surface area contributed by atoms with E-state index in [1.54, 1.807) is 6.20 Å². The van der Waals surface area contributed by atoms with Gasteiger partial charge in [0, 0.05) is 6.42 Å². The van der Waals surface area contributed by atoms with Crippen LogP contribution in [0.1, 0.15) is 43.7 Å². The highest BCUT2D eigenvalue weighted by Gasteiger charge is 2.22. The van der Waals surface area contributed by atoms with Crippen LogP contribution in [0.5, 0.6) is 5.75 Å². The summed E-state index contributed by atoms with van der Waals surface area (Å²) in [6, 6.07) is 17.4. The highest BCUT2D eigenvalue weighted by atomic mass is 16.6. The van der Waals surface area contributed by atoms with Crippen LogP contribution < -0.4 is 10.1 Å². The zero-order chi connectivity index (χ0) is 20.7. The molecule has 0 unspecified atom stereocenters. The van der Waals surface area contributed by atoms with Crippen molar-refractivity contribution in [2.75, 3.05) is 0 Å². The molecule has 0 spiro atoms. The molecule has 0 radical (unpaired) electrons. The molecule has 1 N–H and O–H groups in total. The molecular formula is C23H26N2O4. The fourth-order valence-corrected chi connectivity index (χ4v) is 2.77. The number of nitrogens with zero attached hydrogens (tertiary/aromatic N) is 1. The van der Waals surface area contributed by atoms with Gasteiger partial charge >= 0.3 is 6.09 Å². The van der Waals surface area contributed by atoms with E-state index in [-0.39, 0.29) is 6.04 Å². The average molecular weight is 394 g/mol. The number of amides is 1. The molecule has 2 aromatic carbocycles. The lowest BCUT2D eigenvalue weighted by Crippen LogP contribution is -2.35. The Morgan fingerprint density at radius 1 is 1.07 bits per heavy atom. The first kappa shape index (κ1) is 20.5. The number of ether oxygens (including phenoxy) is 2. The predicted molar refractivity (Wildman–Crippen MR) is 110 cm³/mol. The number of carbonyl (C=O) groups is 1. The van der Waals surface area contributed by atoms with Gasteiger partial charge in [-0.3, -0.25) is 0 Å². The van der Waals surface area contributed by atoms with Gasteiger partial charge in [0.25, 0.3) is 0 Å². The van der Waals surface area contributed by atoms with Gasteiger partial charge in [-0.2, -0.15) is 0 Å². The zero-order valence-electron chi connectivity index (χ0n) is 16.9. The molecule has 6 heteroatoms. The first-order valence-electron chi connectivity index (χ1n) is 9.52. The third-order valence-electron chi connectivity index (χ3n) is 4.10. The third kappa shape index (κ3) is 6.68. The second-order valence-corrected chi connectivity index (χ2v) is 7.72. The van der Waals surface area contributed by atoms with Crippen LogP contribution in [-0.4, -0.2) is 16.7 Å². The van der Waals surface area contributed by atoms with Crippen LogP contribution in [0.15, 0.2) is 71.6 Å². The lowest BCUT2D eigenvalue weighted by Gasteiger charge is -2.22. The van der Waals surface area contributed by atoms with Crippen molar-refractivity contribution in [3.63, 3.8) is 0 Å². The molecule has 0 aliphatic rings. The molecule has 152 valence electrons. The second kappa shape index (κ2) is 9.28. The number of carbonyl (C=O) groups excluding carboxylic acids is 1. The fourth-order valence-electron chi connectivity index (χ4n) is 2.77. The van der Waals surface area contributed by atoms with Crippen molar-refractivity contribution >= 4 is 6.09 Å². The van der Waals surface area contributed by atoms with E-state index in [9.17, 15) is 4.79 Å². The topological polar surface area (TPSA) is 73.6 Å². The first-order valence-corrected chi connectivity index (χ1v) is 9.52. The van der Waals surface area contributed by atoms with E-state index in [1.807, 2.05) is 75.4 Å². The Balaban J connectivity index is 1.62. The monoisotopic (exact) mass is 394 g/mol. The van der Waals surface area contributed by atoms with E-state index in [0.29, 0.717) is 18.8 Å². The van der Waals surface area contributed by atoms with Gasteiger partial charge in [-0.1, -0.05) is 42.5 Å². The number of benzene rings is 2. The molecule has 29 heavy (non-hydrogen) atoms. The van der Waals surface area contributed by atoms with Gasteiger partial charge < -0.3 is 19.2 Å². The zero-order valence-corrected chi connectivity index (χ0v) is 16.9. The van der Waals surface area contributed by atoms with E-state index in [1.165, 1.54) is 6.39 Å². The molecule has 1 aromatic heterocycles. The minimum Gasteiger partial charge on any atom is -0.489 e. The van der Waals surface area contributed by atoms with E-state index in [0.717, 1.165) is 16.9 Å². The standard InChI is InChI=1S/C23H26N2O4/c1-23(2,3)29-22(26)25-20(21-14-24-16-28-21)13-17-9-11-19(12-10-17)27-15-18-7-5-4-6-8-18/h4-12,14,16,20H,13,15H2,1-3H3,(H,25,26)/t20-/m0/s1. The molecule has 1 heterocycles. The lowest BCUT2D eigenvalue weighted by molar-refractivity contribution is 0.0497. The largest absolute Gasteiger partial charge is 0.489 e. The lowest BCUT2D eigenvalue weighted by atomic mass is 10.0. The minimum absolute atomic E-state index is 0.386. The summed E-state index contributed by atoms with van der Waals surface area (Å²) >= 11 is 0. The molecule has 1 atom stereocenters. The summed E-state index contributed by atoms with van der Waals surface area (Å²) in [6.07, 6.45) is 2.98. The summed E-state index contributed by atoms with van der Waals surface area (Å²) in [5, 5.41) is 2.86. The molecule has 0 aliphatic carbocycles. The number of hydrogen-bond donors (Lipinski definition) is 1. The molecule has 0 fully saturated rings. The summed E-state index contributed by atoms with van der Waals surface area (Å²) in [5.74, 6) is 1.36. The van der Waals surface area contributed by atoms with Crippen LogP contribution >= 0.6 is 0 Å². The highest BCUT2D eigenvalue weighted by molar-refractivity contribution is 5.68. The molecule has 1 amide bonds. The normalized spacial score (nSPS) is 12.2. The van der Waals surface area contributed by atoms with Gasteiger partial charge in [-0.25, -0.2) is 9.78 Å². The molecular weight excluding hydrogens is 368 g/mol. The van der Waals surface area contributed by atoms with E-state index < -0.39 is 11.7 Å². The molecule has 6 nitrogen and oxygen atoms in total.